The van der Waals surface area contributed by atoms with Crippen LogP contribution < -0.4 is 30.5 Å². The Balaban J connectivity index is 1.04. The zero-order valence-corrected chi connectivity index (χ0v) is 41.5. The van der Waals surface area contributed by atoms with Gasteiger partial charge in [0.1, 0.15) is 16.1 Å². The molecule has 2 nitrogen and oxygen atoms in total. The smallest absolute Gasteiger partial charge is 0.117 e. The SMILES string of the molecule is C[Si]1(C)c2ccccc2N(c2ccc3c(C45CC6CC(CC(C6)C4)C5)c4cc(N5c6ccccc6[Si](C)(C)c6ccccc65)ccc4c(C45CC6CC(CC(C6)C4)C5)c3c2)c2ccccc21. The predicted octanol–water partition coefficient (Wildman–Crippen LogP) is 14.1. The molecule has 330 valence electrons. The van der Waals surface area contributed by atoms with Crippen LogP contribution in [0.2, 0.25) is 26.2 Å². The van der Waals surface area contributed by atoms with Gasteiger partial charge in [0, 0.05) is 34.1 Å². The molecule has 10 aliphatic rings. The molecule has 17 rings (SSSR count). The lowest BCUT2D eigenvalue weighted by molar-refractivity contribution is -0.00493. The molecular weight excluding hydrogens is 829 g/mol. The highest BCUT2D eigenvalue weighted by molar-refractivity contribution is 7.03. The Kier molecular flexibility index (Phi) is 7.95. The zero-order valence-electron chi connectivity index (χ0n) is 39.5. The van der Waals surface area contributed by atoms with E-state index in [4.69, 9.17) is 0 Å². The molecule has 0 saturated heterocycles. The highest BCUT2D eigenvalue weighted by atomic mass is 28.3. The van der Waals surface area contributed by atoms with Crippen LogP contribution in [0.4, 0.5) is 34.1 Å². The third kappa shape index (κ3) is 5.24. The normalized spacial score (nSPS) is 31.2. The molecular formula is C62H64N2Si2. The number of anilines is 6. The minimum absolute atomic E-state index is 0.220. The first-order valence-corrected chi connectivity index (χ1v) is 32.1. The Morgan fingerprint density at radius 3 is 0.909 bits per heavy atom. The third-order valence-corrected chi connectivity index (χ3v) is 27.1. The van der Waals surface area contributed by atoms with E-state index in [1.807, 2.05) is 0 Å². The highest BCUT2D eigenvalue weighted by Gasteiger charge is 2.56. The molecule has 0 radical (unpaired) electrons. The fourth-order valence-electron chi connectivity index (χ4n) is 18.4. The molecule has 66 heavy (non-hydrogen) atoms. The predicted molar refractivity (Wildman–Crippen MR) is 284 cm³/mol. The first-order valence-electron chi connectivity index (χ1n) is 26.1. The summed E-state index contributed by atoms with van der Waals surface area (Å²) in [5.41, 5.74) is 12.2. The van der Waals surface area contributed by atoms with Gasteiger partial charge in [0.15, 0.2) is 0 Å². The summed E-state index contributed by atoms with van der Waals surface area (Å²) in [7, 11) is -3.84. The summed E-state index contributed by atoms with van der Waals surface area (Å²) >= 11 is 0. The van der Waals surface area contributed by atoms with Crippen LogP contribution in [-0.2, 0) is 10.8 Å². The molecule has 0 N–H and O–H groups in total. The van der Waals surface area contributed by atoms with E-state index < -0.39 is 16.1 Å². The maximum absolute atomic E-state index is 2.76. The number of hydrogen-bond acceptors (Lipinski definition) is 2. The van der Waals surface area contributed by atoms with E-state index in [0.29, 0.717) is 0 Å². The van der Waals surface area contributed by atoms with Gasteiger partial charge in [-0.15, -0.1) is 0 Å². The lowest BCUT2D eigenvalue weighted by Crippen LogP contribution is -2.58. The summed E-state index contributed by atoms with van der Waals surface area (Å²) in [6, 6.07) is 53.8. The van der Waals surface area contributed by atoms with E-state index in [1.165, 1.54) is 111 Å². The molecule has 0 unspecified atom stereocenters. The number of para-hydroxylation sites is 4. The summed E-state index contributed by atoms with van der Waals surface area (Å²) in [5, 5.41) is 12.6. The minimum atomic E-state index is -1.92. The molecule has 7 aromatic carbocycles. The molecule has 2 aliphatic heterocycles. The van der Waals surface area contributed by atoms with Crippen LogP contribution in [0.3, 0.4) is 0 Å². The van der Waals surface area contributed by atoms with Crippen molar-refractivity contribution in [3.05, 3.63) is 145 Å². The van der Waals surface area contributed by atoms with Crippen molar-refractivity contribution in [3.63, 3.8) is 0 Å². The van der Waals surface area contributed by atoms with Gasteiger partial charge in [0.2, 0.25) is 0 Å². The van der Waals surface area contributed by atoms with E-state index in [1.54, 1.807) is 53.4 Å². The van der Waals surface area contributed by atoms with Crippen LogP contribution in [-0.4, -0.2) is 16.1 Å². The minimum Gasteiger partial charge on any atom is -0.311 e. The molecule has 8 saturated carbocycles. The van der Waals surface area contributed by atoms with Gasteiger partial charge in [-0.2, -0.15) is 0 Å². The fraction of sp³-hybridized carbons (Fsp3) is 0.387. The Hall–Kier alpha value is -4.91. The second kappa shape index (κ2) is 13.4. The average Bonchev–Trinajstić information content (AvgIpc) is 3.30. The number of hydrogen-bond donors (Lipinski definition) is 0. The van der Waals surface area contributed by atoms with Gasteiger partial charge in [0.05, 0.1) is 0 Å². The highest BCUT2D eigenvalue weighted by Crippen LogP contribution is 2.66. The third-order valence-electron chi connectivity index (χ3n) is 20.0. The quantitative estimate of drug-likeness (QED) is 0.128. The molecule has 8 fully saturated rings. The molecule has 0 spiro atoms. The van der Waals surface area contributed by atoms with E-state index >= 15 is 0 Å². The molecule has 4 heteroatoms. The number of fused-ring (bicyclic) bond motifs is 6. The van der Waals surface area contributed by atoms with E-state index in [9.17, 15) is 0 Å². The molecule has 2 heterocycles. The van der Waals surface area contributed by atoms with E-state index in [-0.39, 0.29) is 10.8 Å². The van der Waals surface area contributed by atoms with Crippen LogP contribution >= 0.6 is 0 Å². The van der Waals surface area contributed by atoms with Crippen molar-refractivity contribution in [2.45, 2.75) is 114 Å². The van der Waals surface area contributed by atoms with Crippen LogP contribution in [0, 0.1) is 35.5 Å². The monoisotopic (exact) mass is 892 g/mol. The van der Waals surface area contributed by atoms with Crippen LogP contribution in [0.15, 0.2) is 133 Å². The second-order valence-electron chi connectivity index (χ2n) is 24.6. The summed E-state index contributed by atoms with van der Waals surface area (Å²) < 4.78 is 0. The number of nitrogens with zero attached hydrogens (tertiary/aromatic N) is 2. The zero-order chi connectivity index (χ0) is 43.9. The van der Waals surface area contributed by atoms with Crippen molar-refractivity contribution in [2.75, 3.05) is 9.80 Å². The summed E-state index contributed by atoms with van der Waals surface area (Å²) in [6.45, 7) is 10.3. The lowest BCUT2D eigenvalue weighted by Gasteiger charge is -2.59. The summed E-state index contributed by atoms with van der Waals surface area (Å²) in [6.07, 6.45) is 17.0. The second-order valence-corrected chi connectivity index (χ2v) is 33.2. The number of benzene rings is 7. The van der Waals surface area contributed by atoms with Gasteiger partial charge < -0.3 is 9.80 Å². The average molecular weight is 893 g/mol. The lowest BCUT2D eigenvalue weighted by atomic mass is 9.46. The van der Waals surface area contributed by atoms with Crippen molar-refractivity contribution in [1.82, 2.24) is 0 Å². The summed E-state index contributed by atoms with van der Waals surface area (Å²) in [5.74, 6) is 5.21. The molecule has 0 amide bonds. The Morgan fingerprint density at radius 2 is 0.621 bits per heavy atom. The van der Waals surface area contributed by atoms with E-state index in [2.05, 4.69) is 169 Å². The standard InChI is InChI=1S/C62H64N2Si2/c1-65(2)55-17-9-5-13-51(55)63(52-14-6-10-18-56(52)65)45-21-23-47-49(31-45)59(61-33-39-25-40(34-61)27-41(26-39)35-61)48-24-22-46(32-50(48)60(47)62-36-42-28-43(37-62)30-44(29-42)38-62)64-53-15-7-11-19-57(53)66(3,4)58-20-12-8-16-54(58)64/h5-24,31-32,39-44H,25-30,33-38H2,1-4H3. The Bertz CT molecular complexity index is 2830. The van der Waals surface area contributed by atoms with Crippen molar-refractivity contribution in [1.29, 1.82) is 0 Å². The maximum Gasteiger partial charge on any atom is 0.117 e. The van der Waals surface area contributed by atoms with E-state index in [0.717, 1.165) is 35.5 Å². The van der Waals surface area contributed by atoms with Crippen molar-refractivity contribution in [2.24, 2.45) is 35.5 Å². The Labute approximate surface area is 394 Å². The molecule has 8 aliphatic carbocycles. The topological polar surface area (TPSA) is 6.48 Å². The van der Waals surface area contributed by atoms with Gasteiger partial charge in [0.25, 0.3) is 0 Å². The van der Waals surface area contributed by atoms with Gasteiger partial charge in [-0.3, -0.25) is 0 Å². The van der Waals surface area contributed by atoms with Crippen molar-refractivity contribution < 1.29 is 0 Å². The van der Waals surface area contributed by atoms with Gasteiger partial charge in [-0.05, 0) is 225 Å². The molecule has 8 bridgehead atoms. The molecule has 0 atom stereocenters. The first kappa shape index (κ1) is 39.1. The van der Waals surface area contributed by atoms with Crippen LogP contribution in [0.25, 0.3) is 21.5 Å². The number of rotatable bonds is 4. The maximum atomic E-state index is 2.76. The summed E-state index contributed by atoms with van der Waals surface area (Å²) in [4.78, 5) is 5.36. The first-order chi connectivity index (χ1) is 32.1. The van der Waals surface area contributed by atoms with Gasteiger partial charge in [-0.1, -0.05) is 111 Å². The van der Waals surface area contributed by atoms with Crippen molar-refractivity contribution in [3.8, 4) is 0 Å². The van der Waals surface area contributed by atoms with Crippen LogP contribution in [0.5, 0.6) is 0 Å². The van der Waals surface area contributed by atoms with Gasteiger partial charge in [-0.25, -0.2) is 0 Å². The van der Waals surface area contributed by atoms with Gasteiger partial charge >= 0.3 is 0 Å². The molecule has 0 aromatic heterocycles. The largest absolute Gasteiger partial charge is 0.311 e. The van der Waals surface area contributed by atoms with Crippen molar-refractivity contribution >= 4 is 92.6 Å². The molecule has 7 aromatic rings. The Morgan fingerprint density at radius 1 is 0.348 bits per heavy atom. The van der Waals surface area contributed by atoms with Crippen LogP contribution in [0.1, 0.15) is 88.2 Å². The fourth-order valence-corrected chi connectivity index (χ4v) is 24.3.